The maximum Gasteiger partial charge on any atom is 0.261 e. The first-order chi connectivity index (χ1) is 13.7. The van der Waals surface area contributed by atoms with Crippen LogP contribution in [0.1, 0.15) is 10.4 Å². The highest BCUT2D eigenvalue weighted by molar-refractivity contribution is 9.10. The summed E-state index contributed by atoms with van der Waals surface area (Å²) in [4.78, 5) is 12.2. The minimum atomic E-state index is -3.81. The Hall–Kier alpha value is -3.24. The molecule has 0 atom stereocenters. The molecule has 0 radical (unpaired) electrons. The monoisotopic (exact) mass is 478 g/mol. The summed E-state index contributed by atoms with van der Waals surface area (Å²) in [6, 6.07) is 14.0. The van der Waals surface area contributed by atoms with Crippen LogP contribution in [0.5, 0.6) is 17.2 Å². The van der Waals surface area contributed by atoms with Gasteiger partial charge in [-0.05, 0) is 60.7 Å². The molecular weight excluding hydrogens is 464 g/mol. The molecule has 0 spiro atoms. The Morgan fingerprint density at radius 1 is 0.828 bits per heavy atom. The molecule has 3 aromatic rings. The molecule has 0 aliphatic rings. The van der Waals surface area contributed by atoms with Crippen LogP contribution in [-0.2, 0) is 10.0 Å². The molecular formula is C19H15BrN2O6S. The van der Waals surface area contributed by atoms with Gasteiger partial charge in [0.05, 0.1) is 4.90 Å². The van der Waals surface area contributed by atoms with Crippen molar-refractivity contribution in [3.63, 3.8) is 0 Å². The molecule has 10 heteroatoms. The number of carbonyl (C=O) groups excluding carboxylic acids is 1. The Morgan fingerprint density at radius 3 is 1.90 bits per heavy atom. The summed E-state index contributed by atoms with van der Waals surface area (Å²) in [5.74, 6) is -2.68. The minimum absolute atomic E-state index is 0.00154. The predicted molar refractivity (Wildman–Crippen MR) is 111 cm³/mol. The molecule has 3 rings (SSSR count). The van der Waals surface area contributed by atoms with E-state index in [0.717, 1.165) is 16.6 Å². The molecule has 0 aliphatic heterocycles. The first kappa shape index (κ1) is 20.5. The lowest BCUT2D eigenvalue weighted by Crippen LogP contribution is -2.14. The summed E-state index contributed by atoms with van der Waals surface area (Å²) in [5.41, 5.74) is 0.605. The fourth-order valence-corrected chi connectivity index (χ4v) is 3.71. The maximum absolute atomic E-state index is 12.5. The molecule has 5 N–H and O–H groups in total. The fourth-order valence-electron chi connectivity index (χ4n) is 2.39. The minimum Gasteiger partial charge on any atom is -0.504 e. The number of rotatable bonds is 5. The quantitative estimate of drug-likeness (QED) is 0.355. The van der Waals surface area contributed by atoms with E-state index in [-0.39, 0.29) is 10.5 Å². The van der Waals surface area contributed by atoms with Crippen molar-refractivity contribution in [2.75, 3.05) is 10.0 Å². The molecule has 0 unspecified atom stereocenters. The van der Waals surface area contributed by atoms with E-state index in [1.54, 1.807) is 24.3 Å². The first-order valence-electron chi connectivity index (χ1n) is 8.10. The fraction of sp³-hybridized carbons (Fsp3) is 0. The van der Waals surface area contributed by atoms with Gasteiger partial charge in [-0.2, -0.15) is 0 Å². The number of phenols is 3. The van der Waals surface area contributed by atoms with Crippen LogP contribution in [-0.4, -0.2) is 29.6 Å². The zero-order chi connectivity index (χ0) is 21.2. The zero-order valence-electron chi connectivity index (χ0n) is 14.6. The van der Waals surface area contributed by atoms with Crippen LogP contribution < -0.4 is 10.0 Å². The molecule has 0 bridgehead atoms. The molecule has 29 heavy (non-hydrogen) atoms. The number of benzene rings is 3. The topological polar surface area (TPSA) is 136 Å². The number of aromatic hydroxyl groups is 3. The molecule has 3 aromatic carbocycles. The molecule has 0 heterocycles. The molecule has 0 saturated heterocycles. The lowest BCUT2D eigenvalue weighted by atomic mass is 10.1. The van der Waals surface area contributed by atoms with E-state index in [0.29, 0.717) is 11.4 Å². The van der Waals surface area contributed by atoms with E-state index in [2.05, 4.69) is 26.0 Å². The van der Waals surface area contributed by atoms with Gasteiger partial charge < -0.3 is 20.6 Å². The normalized spacial score (nSPS) is 11.1. The number of halogens is 1. The van der Waals surface area contributed by atoms with Gasteiger partial charge in [-0.3, -0.25) is 9.52 Å². The van der Waals surface area contributed by atoms with Crippen molar-refractivity contribution in [2.45, 2.75) is 4.90 Å². The van der Waals surface area contributed by atoms with Crippen LogP contribution in [0.15, 0.2) is 70.0 Å². The van der Waals surface area contributed by atoms with Crippen molar-refractivity contribution in [1.82, 2.24) is 0 Å². The van der Waals surface area contributed by atoms with Crippen molar-refractivity contribution in [2.24, 2.45) is 0 Å². The lowest BCUT2D eigenvalue weighted by Gasteiger charge is -2.10. The highest BCUT2D eigenvalue weighted by atomic mass is 79.9. The van der Waals surface area contributed by atoms with Gasteiger partial charge >= 0.3 is 0 Å². The van der Waals surface area contributed by atoms with Crippen LogP contribution >= 0.6 is 15.9 Å². The van der Waals surface area contributed by atoms with Gasteiger partial charge in [-0.1, -0.05) is 15.9 Å². The third kappa shape index (κ3) is 4.79. The summed E-state index contributed by atoms with van der Waals surface area (Å²) in [7, 11) is -3.81. The van der Waals surface area contributed by atoms with Gasteiger partial charge in [0.1, 0.15) is 0 Å². The van der Waals surface area contributed by atoms with Gasteiger partial charge in [-0.25, -0.2) is 8.42 Å². The van der Waals surface area contributed by atoms with Gasteiger partial charge in [0, 0.05) is 21.4 Å². The van der Waals surface area contributed by atoms with Crippen LogP contribution in [0.25, 0.3) is 0 Å². The highest BCUT2D eigenvalue weighted by Gasteiger charge is 2.16. The molecule has 8 nitrogen and oxygen atoms in total. The van der Waals surface area contributed by atoms with Crippen LogP contribution in [0.3, 0.4) is 0 Å². The second-order valence-electron chi connectivity index (χ2n) is 5.95. The summed E-state index contributed by atoms with van der Waals surface area (Å²) in [6.45, 7) is 0. The number of nitrogens with one attached hydrogen (secondary N) is 2. The van der Waals surface area contributed by atoms with Crippen LogP contribution in [0, 0.1) is 0 Å². The molecule has 0 saturated carbocycles. The van der Waals surface area contributed by atoms with Gasteiger partial charge in [0.25, 0.3) is 15.9 Å². The lowest BCUT2D eigenvalue weighted by molar-refractivity contribution is 0.102. The number of phenolic OH excluding ortho intramolecular Hbond substituents is 3. The van der Waals surface area contributed by atoms with E-state index >= 15 is 0 Å². The van der Waals surface area contributed by atoms with Crippen molar-refractivity contribution >= 4 is 43.2 Å². The Morgan fingerprint density at radius 2 is 1.34 bits per heavy atom. The number of anilines is 2. The predicted octanol–water partition coefficient (Wildman–Crippen LogP) is 3.62. The zero-order valence-corrected chi connectivity index (χ0v) is 17.0. The molecule has 1 amide bonds. The molecule has 150 valence electrons. The summed E-state index contributed by atoms with van der Waals surface area (Å²) >= 11 is 3.27. The average molecular weight is 479 g/mol. The van der Waals surface area contributed by atoms with Crippen molar-refractivity contribution in [1.29, 1.82) is 0 Å². The maximum atomic E-state index is 12.5. The molecule has 0 aliphatic carbocycles. The van der Waals surface area contributed by atoms with Crippen LogP contribution in [0.4, 0.5) is 11.4 Å². The summed E-state index contributed by atoms with van der Waals surface area (Å²) < 4.78 is 28.2. The van der Waals surface area contributed by atoms with Gasteiger partial charge in [0.15, 0.2) is 17.2 Å². The Labute approximate surface area is 174 Å². The largest absolute Gasteiger partial charge is 0.504 e. The standard InChI is InChI=1S/C19H15BrN2O6S/c20-12-1-3-14(4-2-12)22-29(27,28)15-7-5-13(6-8-15)21-19(26)11-9-16(23)18(25)17(24)10-11/h1-10,22-25H,(H,21,26). The van der Waals surface area contributed by atoms with E-state index in [9.17, 15) is 28.5 Å². The van der Waals surface area contributed by atoms with E-state index in [1.165, 1.54) is 24.3 Å². The van der Waals surface area contributed by atoms with Crippen molar-refractivity contribution in [3.8, 4) is 17.2 Å². The van der Waals surface area contributed by atoms with Crippen molar-refractivity contribution < 1.29 is 28.5 Å². The number of carbonyl (C=O) groups is 1. The average Bonchev–Trinajstić information content (AvgIpc) is 2.67. The Kier molecular flexibility index (Phi) is 5.66. The highest BCUT2D eigenvalue weighted by Crippen LogP contribution is 2.35. The summed E-state index contributed by atoms with van der Waals surface area (Å²) in [5, 5.41) is 30.8. The second-order valence-corrected chi connectivity index (χ2v) is 8.55. The van der Waals surface area contributed by atoms with E-state index in [4.69, 9.17) is 0 Å². The van der Waals surface area contributed by atoms with E-state index in [1.807, 2.05) is 0 Å². The number of sulfonamides is 1. The third-order valence-electron chi connectivity index (χ3n) is 3.85. The van der Waals surface area contributed by atoms with Crippen LogP contribution in [0.2, 0.25) is 0 Å². The summed E-state index contributed by atoms with van der Waals surface area (Å²) in [6.07, 6.45) is 0. The molecule has 0 aromatic heterocycles. The smallest absolute Gasteiger partial charge is 0.261 e. The van der Waals surface area contributed by atoms with E-state index < -0.39 is 33.2 Å². The van der Waals surface area contributed by atoms with Gasteiger partial charge in [-0.15, -0.1) is 0 Å². The molecule has 0 fully saturated rings. The van der Waals surface area contributed by atoms with Gasteiger partial charge in [0.2, 0.25) is 0 Å². The Balaban J connectivity index is 1.74. The number of hydrogen-bond acceptors (Lipinski definition) is 6. The SMILES string of the molecule is O=C(Nc1ccc(S(=O)(=O)Nc2ccc(Br)cc2)cc1)c1cc(O)c(O)c(O)c1. The second kappa shape index (κ2) is 8.02. The number of hydrogen-bond donors (Lipinski definition) is 5. The first-order valence-corrected chi connectivity index (χ1v) is 10.4. The van der Waals surface area contributed by atoms with Crippen molar-refractivity contribution in [3.05, 3.63) is 70.7 Å². The third-order valence-corrected chi connectivity index (χ3v) is 5.78. The number of amides is 1. The Bertz CT molecular complexity index is 1140.